The summed E-state index contributed by atoms with van der Waals surface area (Å²) < 4.78 is 13.4. The van der Waals surface area contributed by atoms with Gasteiger partial charge in [-0.3, -0.25) is 14.9 Å². The first-order valence-electron chi connectivity index (χ1n) is 4.97. The van der Waals surface area contributed by atoms with E-state index < -0.39 is 33.6 Å². The first kappa shape index (κ1) is 11.5. The molecule has 1 fully saturated rings. The van der Waals surface area contributed by atoms with Crippen molar-refractivity contribution in [3.05, 3.63) is 34.1 Å². The molecule has 0 radical (unpaired) electrons. The molecule has 7 heteroatoms. The van der Waals surface area contributed by atoms with Gasteiger partial charge >= 0.3 is 0 Å². The molecule has 1 amide bonds. The third-order valence-electron chi connectivity index (χ3n) is 2.67. The summed E-state index contributed by atoms with van der Waals surface area (Å²) in [5.74, 6) is -1.44. The number of nitrogens with two attached hydrogens (primary N) is 1. The van der Waals surface area contributed by atoms with Gasteiger partial charge in [0.2, 0.25) is 5.91 Å². The molecular formula is C10H10FN3O3. The fraction of sp³-hybridized carbons (Fsp3) is 0.300. The van der Waals surface area contributed by atoms with E-state index in [1.807, 2.05) is 0 Å². The summed E-state index contributed by atoms with van der Waals surface area (Å²) in [6, 6.07) is 3.37. The number of nitrogens with one attached hydrogen (secondary N) is 1. The zero-order valence-corrected chi connectivity index (χ0v) is 8.77. The quantitative estimate of drug-likeness (QED) is 0.610. The van der Waals surface area contributed by atoms with E-state index in [2.05, 4.69) is 5.32 Å². The largest absolute Gasteiger partial charge is 0.317 e. The van der Waals surface area contributed by atoms with Gasteiger partial charge in [0.15, 0.2) is 11.5 Å². The third-order valence-corrected chi connectivity index (χ3v) is 2.67. The highest BCUT2D eigenvalue weighted by Crippen LogP contribution is 2.35. The molecular weight excluding hydrogens is 229 g/mol. The Morgan fingerprint density at radius 1 is 1.53 bits per heavy atom. The topological polar surface area (TPSA) is 98.3 Å². The van der Waals surface area contributed by atoms with Gasteiger partial charge in [-0.05, 0) is 18.9 Å². The van der Waals surface area contributed by atoms with Crippen LogP contribution in [-0.2, 0) is 4.79 Å². The van der Waals surface area contributed by atoms with E-state index in [1.165, 1.54) is 6.07 Å². The molecule has 0 aromatic heterocycles. The minimum atomic E-state index is -1.00. The van der Waals surface area contributed by atoms with Gasteiger partial charge in [-0.25, -0.2) is 4.39 Å². The van der Waals surface area contributed by atoms with Crippen LogP contribution in [0.15, 0.2) is 18.2 Å². The second kappa shape index (κ2) is 3.77. The molecule has 0 heterocycles. The van der Waals surface area contributed by atoms with Crippen LogP contribution in [0, 0.1) is 15.9 Å². The molecule has 0 unspecified atom stereocenters. The maximum Gasteiger partial charge on any atom is 0.295 e. The predicted octanol–water partition coefficient (Wildman–Crippen LogP) is 1.16. The molecule has 0 atom stereocenters. The van der Waals surface area contributed by atoms with E-state index in [0.29, 0.717) is 12.8 Å². The molecule has 1 aromatic rings. The van der Waals surface area contributed by atoms with Gasteiger partial charge in [0.05, 0.1) is 10.5 Å². The lowest BCUT2D eigenvalue weighted by molar-refractivity contribution is -0.384. The molecule has 0 spiro atoms. The number of halogens is 1. The Kier molecular flexibility index (Phi) is 2.55. The summed E-state index contributed by atoms with van der Waals surface area (Å²) >= 11 is 0. The van der Waals surface area contributed by atoms with Crippen LogP contribution in [0.2, 0.25) is 0 Å². The highest BCUT2D eigenvalue weighted by molar-refractivity contribution is 6.01. The van der Waals surface area contributed by atoms with Gasteiger partial charge in [0.1, 0.15) is 0 Å². The molecule has 0 aliphatic heterocycles. The van der Waals surface area contributed by atoms with E-state index >= 15 is 0 Å². The smallest absolute Gasteiger partial charge is 0.295 e. The molecule has 0 bridgehead atoms. The van der Waals surface area contributed by atoms with Crippen molar-refractivity contribution in [1.29, 1.82) is 0 Å². The fourth-order valence-corrected chi connectivity index (χ4v) is 1.39. The molecule has 0 saturated heterocycles. The number of hydrogen-bond donors (Lipinski definition) is 2. The van der Waals surface area contributed by atoms with Crippen molar-refractivity contribution in [2.24, 2.45) is 5.73 Å². The Labute approximate surface area is 95.8 Å². The van der Waals surface area contributed by atoms with E-state index in [0.717, 1.165) is 12.1 Å². The Bertz CT molecular complexity index is 500. The molecule has 3 N–H and O–H groups in total. The van der Waals surface area contributed by atoms with Crippen molar-refractivity contribution in [3.8, 4) is 0 Å². The van der Waals surface area contributed by atoms with Crippen molar-refractivity contribution in [2.75, 3.05) is 5.32 Å². The monoisotopic (exact) mass is 239 g/mol. The van der Waals surface area contributed by atoms with Crippen molar-refractivity contribution in [2.45, 2.75) is 18.4 Å². The van der Waals surface area contributed by atoms with Gasteiger partial charge in [0.25, 0.3) is 5.69 Å². The van der Waals surface area contributed by atoms with E-state index in [-0.39, 0.29) is 0 Å². The average molecular weight is 239 g/mol. The number of nitrogens with zero attached hydrogens (tertiary/aromatic N) is 1. The minimum absolute atomic E-state index is 0.431. The van der Waals surface area contributed by atoms with Crippen molar-refractivity contribution < 1.29 is 14.1 Å². The normalized spacial score (nSPS) is 16.4. The number of anilines is 1. The van der Waals surface area contributed by atoms with E-state index in [9.17, 15) is 19.3 Å². The van der Waals surface area contributed by atoms with E-state index in [4.69, 9.17) is 5.73 Å². The number of hydrogen-bond acceptors (Lipinski definition) is 4. The van der Waals surface area contributed by atoms with Crippen molar-refractivity contribution in [3.63, 3.8) is 0 Å². The number of amides is 1. The standard InChI is InChI=1S/C10H10FN3O3/c11-6-2-1-3-7(14(16)17)8(6)13-9(15)10(12)4-5-10/h1-3H,4-5,12H2,(H,13,15). The summed E-state index contributed by atoms with van der Waals surface area (Å²) in [5.41, 5.74) is 3.69. The lowest BCUT2D eigenvalue weighted by atomic mass is 10.2. The summed E-state index contributed by atoms with van der Waals surface area (Å²) in [5, 5.41) is 12.9. The number of nitro benzene ring substituents is 1. The highest BCUT2D eigenvalue weighted by atomic mass is 19.1. The maximum atomic E-state index is 13.4. The first-order valence-corrected chi connectivity index (χ1v) is 4.97. The first-order chi connectivity index (χ1) is 7.94. The zero-order chi connectivity index (χ0) is 12.6. The molecule has 1 saturated carbocycles. The zero-order valence-electron chi connectivity index (χ0n) is 8.77. The third kappa shape index (κ3) is 2.09. The van der Waals surface area contributed by atoms with Crippen molar-refractivity contribution >= 4 is 17.3 Å². The molecule has 17 heavy (non-hydrogen) atoms. The van der Waals surface area contributed by atoms with Gasteiger partial charge in [-0.1, -0.05) is 6.07 Å². The van der Waals surface area contributed by atoms with Crippen LogP contribution in [0.4, 0.5) is 15.8 Å². The van der Waals surface area contributed by atoms with Gasteiger partial charge in [0, 0.05) is 6.07 Å². The molecule has 1 aromatic carbocycles. The lowest BCUT2D eigenvalue weighted by Crippen LogP contribution is -2.38. The maximum absolute atomic E-state index is 13.4. The summed E-state index contributed by atoms with van der Waals surface area (Å²) in [7, 11) is 0. The molecule has 90 valence electrons. The number of para-hydroxylation sites is 1. The molecule has 2 rings (SSSR count). The lowest BCUT2D eigenvalue weighted by Gasteiger charge is -2.10. The van der Waals surface area contributed by atoms with Crippen molar-refractivity contribution in [1.82, 2.24) is 0 Å². The van der Waals surface area contributed by atoms with Gasteiger partial charge in [-0.2, -0.15) is 0 Å². The van der Waals surface area contributed by atoms with Crippen LogP contribution in [0.3, 0.4) is 0 Å². The predicted molar refractivity (Wildman–Crippen MR) is 57.8 cm³/mol. The molecule has 6 nitrogen and oxygen atoms in total. The fourth-order valence-electron chi connectivity index (χ4n) is 1.39. The second-order valence-electron chi connectivity index (χ2n) is 4.00. The Morgan fingerprint density at radius 3 is 2.71 bits per heavy atom. The van der Waals surface area contributed by atoms with Crippen LogP contribution >= 0.6 is 0 Å². The van der Waals surface area contributed by atoms with Crippen LogP contribution < -0.4 is 11.1 Å². The Hall–Kier alpha value is -2.02. The number of benzene rings is 1. The van der Waals surface area contributed by atoms with Crippen LogP contribution in [0.1, 0.15) is 12.8 Å². The Morgan fingerprint density at radius 2 is 2.18 bits per heavy atom. The number of nitro groups is 1. The number of carbonyl (C=O) groups is 1. The van der Waals surface area contributed by atoms with E-state index in [1.54, 1.807) is 0 Å². The average Bonchev–Trinajstić information content (AvgIpc) is 3.00. The SMILES string of the molecule is NC1(C(=O)Nc2c(F)cccc2[N+](=O)[O-])CC1. The van der Waals surface area contributed by atoms with Crippen LogP contribution in [-0.4, -0.2) is 16.4 Å². The highest BCUT2D eigenvalue weighted by Gasteiger charge is 2.46. The summed E-state index contributed by atoms with van der Waals surface area (Å²) in [6.07, 6.45) is 1.00. The second-order valence-corrected chi connectivity index (χ2v) is 4.00. The minimum Gasteiger partial charge on any atom is -0.317 e. The number of carbonyl (C=O) groups excluding carboxylic acids is 1. The van der Waals surface area contributed by atoms with Gasteiger partial charge < -0.3 is 11.1 Å². The molecule has 1 aliphatic carbocycles. The van der Waals surface area contributed by atoms with Crippen LogP contribution in [0.5, 0.6) is 0 Å². The summed E-state index contributed by atoms with van der Waals surface area (Å²) in [6.45, 7) is 0. The molecule has 1 aliphatic rings. The van der Waals surface area contributed by atoms with Crippen LogP contribution in [0.25, 0.3) is 0 Å². The Balaban J connectivity index is 2.31. The summed E-state index contributed by atoms with van der Waals surface area (Å²) in [4.78, 5) is 21.5. The van der Waals surface area contributed by atoms with Gasteiger partial charge in [-0.15, -0.1) is 0 Å². The number of rotatable bonds is 3.